The van der Waals surface area contributed by atoms with E-state index in [0.717, 1.165) is 29.6 Å². The third kappa shape index (κ3) is 4.10. The average molecular weight is 351 g/mol. The SMILES string of the molecule is C/C=C/CCC1CCC2CC(c3ccc4c(c3)CCC(C)C4)CCC2C1. The van der Waals surface area contributed by atoms with Crippen LogP contribution in [0.3, 0.4) is 0 Å². The molecule has 0 heteroatoms. The molecule has 2 saturated carbocycles. The molecule has 4 rings (SSSR count). The van der Waals surface area contributed by atoms with Crippen molar-refractivity contribution >= 4 is 0 Å². The fourth-order valence-corrected chi connectivity index (χ4v) is 6.26. The Morgan fingerprint density at radius 2 is 1.81 bits per heavy atom. The molecule has 0 aliphatic heterocycles. The van der Waals surface area contributed by atoms with E-state index in [1.807, 2.05) is 0 Å². The molecule has 0 N–H and O–H groups in total. The van der Waals surface area contributed by atoms with E-state index < -0.39 is 0 Å². The number of rotatable bonds is 4. The second kappa shape index (κ2) is 8.32. The van der Waals surface area contributed by atoms with Gasteiger partial charge >= 0.3 is 0 Å². The van der Waals surface area contributed by atoms with E-state index in [1.54, 1.807) is 16.7 Å². The molecule has 0 nitrogen and oxygen atoms in total. The van der Waals surface area contributed by atoms with E-state index in [9.17, 15) is 0 Å². The smallest absolute Gasteiger partial charge is 0.0159 e. The molecule has 0 bridgehead atoms. The summed E-state index contributed by atoms with van der Waals surface area (Å²) in [4.78, 5) is 0. The van der Waals surface area contributed by atoms with Crippen LogP contribution in [0.15, 0.2) is 30.4 Å². The predicted molar refractivity (Wildman–Crippen MR) is 113 cm³/mol. The number of hydrogen-bond donors (Lipinski definition) is 0. The highest BCUT2D eigenvalue weighted by molar-refractivity contribution is 5.36. The Morgan fingerprint density at radius 3 is 2.69 bits per heavy atom. The molecule has 1 aromatic carbocycles. The summed E-state index contributed by atoms with van der Waals surface area (Å²) in [5, 5.41) is 0. The number of allylic oxidation sites excluding steroid dienone is 2. The van der Waals surface area contributed by atoms with Crippen molar-refractivity contribution in [2.75, 3.05) is 0 Å². The zero-order chi connectivity index (χ0) is 17.9. The van der Waals surface area contributed by atoms with Crippen molar-refractivity contribution in [1.29, 1.82) is 0 Å². The molecule has 0 amide bonds. The van der Waals surface area contributed by atoms with Crippen LogP contribution in [0.4, 0.5) is 0 Å². The Balaban J connectivity index is 1.36. The van der Waals surface area contributed by atoms with Gasteiger partial charge in [-0.2, -0.15) is 0 Å². The summed E-state index contributed by atoms with van der Waals surface area (Å²) < 4.78 is 0. The van der Waals surface area contributed by atoms with Gasteiger partial charge in [-0.25, -0.2) is 0 Å². The summed E-state index contributed by atoms with van der Waals surface area (Å²) in [6.07, 6.45) is 20.2. The Morgan fingerprint density at radius 1 is 0.962 bits per heavy atom. The lowest BCUT2D eigenvalue weighted by molar-refractivity contribution is 0.115. The van der Waals surface area contributed by atoms with Gasteiger partial charge in [0.25, 0.3) is 0 Å². The van der Waals surface area contributed by atoms with Crippen molar-refractivity contribution in [1.82, 2.24) is 0 Å². The highest BCUT2D eigenvalue weighted by atomic mass is 14.4. The van der Waals surface area contributed by atoms with Crippen molar-refractivity contribution in [3.05, 3.63) is 47.0 Å². The molecule has 0 saturated heterocycles. The monoisotopic (exact) mass is 350 g/mol. The van der Waals surface area contributed by atoms with Gasteiger partial charge in [-0.15, -0.1) is 0 Å². The number of hydrogen-bond acceptors (Lipinski definition) is 0. The van der Waals surface area contributed by atoms with Crippen LogP contribution in [0, 0.1) is 23.7 Å². The Hall–Kier alpha value is -1.04. The van der Waals surface area contributed by atoms with Crippen LogP contribution in [0.1, 0.15) is 94.2 Å². The summed E-state index contributed by atoms with van der Waals surface area (Å²) in [5.41, 5.74) is 4.99. The third-order valence-electron chi connectivity index (χ3n) is 7.88. The second-order valence-corrected chi connectivity index (χ2v) is 9.73. The van der Waals surface area contributed by atoms with Crippen molar-refractivity contribution in [3.8, 4) is 0 Å². The number of fused-ring (bicyclic) bond motifs is 2. The molecular weight excluding hydrogens is 312 g/mol. The molecule has 1 aromatic rings. The predicted octanol–water partition coefficient (Wildman–Crippen LogP) is 7.47. The number of aryl methyl sites for hydroxylation is 1. The summed E-state index contributed by atoms with van der Waals surface area (Å²) in [6.45, 7) is 4.56. The highest BCUT2D eigenvalue weighted by Crippen LogP contribution is 2.48. The Labute approximate surface area is 161 Å². The first-order valence-corrected chi connectivity index (χ1v) is 11.5. The molecule has 142 valence electrons. The van der Waals surface area contributed by atoms with Gasteiger partial charge in [0.2, 0.25) is 0 Å². The lowest BCUT2D eigenvalue weighted by Gasteiger charge is -2.42. The van der Waals surface area contributed by atoms with Crippen molar-refractivity contribution in [3.63, 3.8) is 0 Å². The van der Waals surface area contributed by atoms with Gasteiger partial charge in [0.05, 0.1) is 0 Å². The quantitative estimate of drug-likeness (QED) is 0.494. The summed E-state index contributed by atoms with van der Waals surface area (Å²) in [5.74, 6) is 4.79. The normalized spacial score (nSPS) is 34.5. The van der Waals surface area contributed by atoms with E-state index in [0.29, 0.717) is 0 Å². The fourth-order valence-electron chi connectivity index (χ4n) is 6.26. The fraction of sp³-hybridized carbons (Fsp3) is 0.692. The first-order valence-electron chi connectivity index (χ1n) is 11.5. The third-order valence-corrected chi connectivity index (χ3v) is 7.88. The maximum atomic E-state index is 2.61. The van der Waals surface area contributed by atoms with Crippen molar-refractivity contribution in [2.24, 2.45) is 23.7 Å². The van der Waals surface area contributed by atoms with Gasteiger partial charge in [-0.05, 0) is 117 Å². The molecule has 0 spiro atoms. The molecule has 5 atom stereocenters. The minimum atomic E-state index is 0.848. The molecule has 26 heavy (non-hydrogen) atoms. The van der Waals surface area contributed by atoms with E-state index >= 15 is 0 Å². The van der Waals surface area contributed by atoms with Crippen LogP contribution in [0.2, 0.25) is 0 Å². The van der Waals surface area contributed by atoms with Gasteiger partial charge in [0.15, 0.2) is 0 Å². The van der Waals surface area contributed by atoms with Crippen LogP contribution >= 0.6 is 0 Å². The van der Waals surface area contributed by atoms with Crippen LogP contribution < -0.4 is 0 Å². The second-order valence-electron chi connectivity index (χ2n) is 9.73. The molecule has 3 aliphatic carbocycles. The summed E-state index contributed by atoms with van der Waals surface area (Å²) in [7, 11) is 0. The minimum Gasteiger partial charge on any atom is -0.0917 e. The first-order chi connectivity index (χ1) is 12.7. The lowest BCUT2D eigenvalue weighted by atomic mass is 9.63. The first kappa shape index (κ1) is 18.3. The van der Waals surface area contributed by atoms with Crippen LogP contribution in [-0.2, 0) is 12.8 Å². The van der Waals surface area contributed by atoms with Crippen molar-refractivity contribution < 1.29 is 0 Å². The molecular formula is C26H38. The van der Waals surface area contributed by atoms with Crippen LogP contribution in [0.25, 0.3) is 0 Å². The maximum Gasteiger partial charge on any atom is -0.0159 e. The topological polar surface area (TPSA) is 0 Å². The van der Waals surface area contributed by atoms with Crippen LogP contribution in [0.5, 0.6) is 0 Å². The Bertz CT molecular complexity index is 625. The maximum absolute atomic E-state index is 2.61. The van der Waals surface area contributed by atoms with Gasteiger partial charge < -0.3 is 0 Å². The van der Waals surface area contributed by atoms with E-state index in [1.165, 1.54) is 70.6 Å². The van der Waals surface area contributed by atoms with Crippen molar-refractivity contribution in [2.45, 2.75) is 90.4 Å². The zero-order valence-electron chi connectivity index (χ0n) is 17.1. The van der Waals surface area contributed by atoms with Gasteiger partial charge in [0.1, 0.15) is 0 Å². The molecule has 5 unspecified atom stereocenters. The van der Waals surface area contributed by atoms with Gasteiger partial charge in [0, 0.05) is 0 Å². The molecule has 3 aliphatic rings. The van der Waals surface area contributed by atoms with E-state index in [4.69, 9.17) is 0 Å². The van der Waals surface area contributed by atoms with Gasteiger partial charge in [-0.1, -0.05) is 43.7 Å². The molecule has 2 fully saturated rings. The van der Waals surface area contributed by atoms with Gasteiger partial charge in [-0.3, -0.25) is 0 Å². The van der Waals surface area contributed by atoms with E-state index in [2.05, 4.69) is 44.2 Å². The summed E-state index contributed by atoms with van der Waals surface area (Å²) >= 11 is 0. The molecule has 0 aromatic heterocycles. The van der Waals surface area contributed by atoms with Crippen LogP contribution in [-0.4, -0.2) is 0 Å². The minimum absolute atomic E-state index is 0.848. The lowest BCUT2D eigenvalue weighted by Crippen LogP contribution is -2.30. The average Bonchev–Trinajstić information content (AvgIpc) is 2.67. The summed E-state index contributed by atoms with van der Waals surface area (Å²) in [6, 6.07) is 7.57. The number of benzene rings is 1. The zero-order valence-corrected chi connectivity index (χ0v) is 17.1. The molecule has 0 heterocycles. The Kier molecular flexibility index (Phi) is 5.87. The largest absolute Gasteiger partial charge is 0.0917 e. The molecule has 0 radical (unpaired) electrons. The standard InChI is InChI=1S/C26H38/c1-3-4-5-6-20-8-10-24-18-26(14-12-22(24)16-20)25-13-11-21-15-19(2)7-9-23(21)17-25/h3-4,11,13,17,19-20,22,24,26H,5-10,12,14-16,18H2,1-2H3/b4-3+. The van der Waals surface area contributed by atoms with E-state index in [-0.39, 0.29) is 0 Å². The highest BCUT2D eigenvalue weighted by Gasteiger charge is 2.35.